The van der Waals surface area contributed by atoms with Gasteiger partial charge in [0.1, 0.15) is 15.6 Å². The zero-order valence-corrected chi connectivity index (χ0v) is 20.4. The summed E-state index contributed by atoms with van der Waals surface area (Å²) in [7, 11) is -1.26. The lowest BCUT2D eigenvalue weighted by molar-refractivity contribution is 0.172. The average molecular weight is 527 g/mol. The number of guanidine groups is 1. The molecule has 0 unspecified atom stereocenters. The molecule has 7 nitrogen and oxygen atoms in total. The fraction of sp³-hybridized carbons (Fsp3) is 0.632. The van der Waals surface area contributed by atoms with Gasteiger partial charge in [0.25, 0.3) is 0 Å². The van der Waals surface area contributed by atoms with E-state index >= 15 is 0 Å². The first-order valence-electron chi connectivity index (χ1n) is 9.27. The largest absolute Gasteiger partial charge is 0.493 e. The Balaban J connectivity index is 0.00000729. The van der Waals surface area contributed by atoms with Gasteiger partial charge in [0.15, 0.2) is 5.96 Å². The summed E-state index contributed by atoms with van der Waals surface area (Å²) >= 11 is 0. The summed E-state index contributed by atoms with van der Waals surface area (Å²) in [5, 5.41) is 6.34. The number of hydrogen-bond acceptors (Lipinski definition) is 5. The van der Waals surface area contributed by atoms with Crippen LogP contribution in [0.5, 0.6) is 5.75 Å². The zero-order valence-electron chi connectivity index (χ0n) is 17.3. The first kappa shape index (κ1) is 26.9. The van der Waals surface area contributed by atoms with E-state index in [1.165, 1.54) is 6.26 Å². The quantitative estimate of drug-likeness (QED) is 0.188. The van der Waals surface area contributed by atoms with Crippen molar-refractivity contribution < 1.29 is 17.9 Å². The van der Waals surface area contributed by atoms with E-state index < -0.39 is 9.84 Å². The molecule has 28 heavy (non-hydrogen) atoms. The van der Waals surface area contributed by atoms with Crippen LogP contribution in [-0.2, 0) is 21.1 Å². The van der Waals surface area contributed by atoms with Gasteiger partial charge in [-0.1, -0.05) is 12.1 Å². The van der Waals surface area contributed by atoms with Gasteiger partial charge < -0.3 is 20.1 Å². The van der Waals surface area contributed by atoms with Crippen molar-refractivity contribution in [2.45, 2.75) is 33.2 Å². The molecule has 0 amide bonds. The second-order valence-corrected chi connectivity index (χ2v) is 8.67. The molecule has 2 N–H and O–H groups in total. The fourth-order valence-corrected chi connectivity index (χ4v) is 3.03. The van der Waals surface area contributed by atoms with Gasteiger partial charge in [0, 0.05) is 45.0 Å². The Hall–Kier alpha value is -1.07. The molecular formula is C19H34IN3O4S. The molecule has 0 spiro atoms. The molecule has 0 atom stereocenters. The molecular weight excluding hydrogens is 493 g/mol. The number of nitrogens with one attached hydrogen (secondary N) is 2. The molecule has 0 radical (unpaired) electrons. The molecule has 0 aliphatic carbocycles. The van der Waals surface area contributed by atoms with E-state index in [0.29, 0.717) is 38.7 Å². The fourth-order valence-electron chi connectivity index (χ4n) is 2.36. The van der Waals surface area contributed by atoms with Crippen molar-refractivity contribution >= 4 is 39.8 Å². The molecule has 1 aromatic rings. The molecule has 0 aliphatic heterocycles. The van der Waals surface area contributed by atoms with Gasteiger partial charge in [-0.25, -0.2) is 13.4 Å². The van der Waals surface area contributed by atoms with Gasteiger partial charge in [-0.3, -0.25) is 0 Å². The third-order valence-electron chi connectivity index (χ3n) is 3.71. The highest BCUT2D eigenvalue weighted by atomic mass is 127. The summed E-state index contributed by atoms with van der Waals surface area (Å²) in [6.45, 7) is 7.03. The molecule has 1 rings (SSSR count). The molecule has 0 aromatic heterocycles. The Kier molecular flexibility index (Phi) is 14.3. The number of nitrogens with zero attached hydrogens (tertiary/aromatic N) is 1. The van der Waals surface area contributed by atoms with Gasteiger partial charge in [-0.2, -0.15) is 0 Å². The van der Waals surface area contributed by atoms with E-state index in [9.17, 15) is 8.42 Å². The van der Waals surface area contributed by atoms with Crippen LogP contribution in [0.1, 0.15) is 30.9 Å². The third-order valence-corrected chi connectivity index (χ3v) is 4.74. The first-order chi connectivity index (χ1) is 12.9. The molecule has 0 heterocycles. The Morgan fingerprint density at radius 3 is 2.57 bits per heavy atom. The van der Waals surface area contributed by atoms with Crippen molar-refractivity contribution in [1.82, 2.24) is 10.6 Å². The predicted molar refractivity (Wildman–Crippen MR) is 126 cm³/mol. The van der Waals surface area contributed by atoms with E-state index in [1.807, 2.05) is 32.0 Å². The maximum atomic E-state index is 11.2. The van der Waals surface area contributed by atoms with Crippen molar-refractivity contribution in [3.05, 3.63) is 29.3 Å². The minimum Gasteiger partial charge on any atom is -0.493 e. The molecule has 0 saturated heterocycles. The van der Waals surface area contributed by atoms with Gasteiger partial charge in [0.05, 0.1) is 18.9 Å². The second kappa shape index (κ2) is 14.9. The van der Waals surface area contributed by atoms with Crippen molar-refractivity contribution in [1.29, 1.82) is 0 Å². The van der Waals surface area contributed by atoms with Crippen LogP contribution in [0.4, 0.5) is 0 Å². The molecule has 0 aliphatic rings. The highest BCUT2D eigenvalue weighted by molar-refractivity contribution is 14.0. The van der Waals surface area contributed by atoms with Crippen LogP contribution in [0.2, 0.25) is 0 Å². The monoisotopic (exact) mass is 527 g/mol. The van der Waals surface area contributed by atoms with Gasteiger partial charge in [-0.15, -0.1) is 24.0 Å². The van der Waals surface area contributed by atoms with Gasteiger partial charge in [0.2, 0.25) is 0 Å². The number of hydrogen-bond donors (Lipinski definition) is 2. The number of aliphatic imine (C=N–C) groups is 1. The lowest BCUT2D eigenvalue weighted by Crippen LogP contribution is -2.38. The highest BCUT2D eigenvalue weighted by Crippen LogP contribution is 2.21. The van der Waals surface area contributed by atoms with Crippen molar-refractivity contribution in [3.63, 3.8) is 0 Å². The minimum absolute atomic E-state index is 0. The summed E-state index contributed by atoms with van der Waals surface area (Å²) in [6.07, 6.45) is 2.62. The van der Waals surface area contributed by atoms with Crippen LogP contribution < -0.4 is 15.4 Å². The van der Waals surface area contributed by atoms with E-state index in [0.717, 1.165) is 29.8 Å². The van der Waals surface area contributed by atoms with Crippen molar-refractivity contribution in [2.75, 3.05) is 45.4 Å². The number of ether oxygens (including phenoxy) is 2. The standard InChI is InChI=1S/C19H33N3O4S.HI/c1-5-20-19(21-10-6-13-27(4,23)24)22-15-17-9-8-16(2)14-18(17)26-12-7-11-25-3;/h8-9,14H,5-7,10-13,15H2,1-4H3,(H2,20,21,22);1H. The lowest BCUT2D eigenvalue weighted by atomic mass is 10.1. The summed E-state index contributed by atoms with van der Waals surface area (Å²) in [6, 6.07) is 6.08. The second-order valence-electron chi connectivity index (χ2n) is 6.41. The maximum Gasteiger partial charge on any atom is 0.191 e. The van der Waals surface area contributed by atoms with E-state index in [4.69, 9.17) is 9.47 Å². The van der Waals surface area contributed by atoms with Crippen LogP contribution in [0, 0.1) is 6.92 Å². The van der Waals surface area contributed by atoms with Crippen molar-refractivity contribution in [2.24, 2.45) is 4.99 Å². The lowest BCUT2D eigenvalue weighted by Gasteiger charge is -2.13. The number of methoxy groups -OCH3 is 1. The SMILES string of the molecule is CCNC(=NCc1ccc(C)cc1OCCCOC)NCCCS(C)(=O)=O.I. The normalized spacial score (nSPS) is 11.6. The van der Waals surface area contributed by atoms with Crippen LogP contribution in [0.25, 0.3) is 0 Å². The summed E-state index contributed by atoms with van der Waals surface area (Å²) < 4.78 is 33.4. The van der Waals surface area contributed by atoms with Gasteiger partial charge in [-0.05, 0) is 31.9 Å². The number of benzene rings is 1. The smallest absolute Gasteiger partial charge is 0.191 e. The Morgan fingerprint density at radius 1 is 1.18 bits per heavy atom. The van der Waals surface area contributed by atoms with E-state index in [1.54, 1.807) is 7.11 Å². The predicted octanol–water partition coefficient (Wildman–Crippen LogP) is 2.52. The zero-order chi connectivity index (χ0) is 20.1. The molecule has 9 heteroatoms. The van der Waals surface area contributed by atoms with Crippen LogP contribution in [0.3, 0.4) is 0 Å². The maximum absolute atomic E-state index is 11.2. The van der Waals surface area contributed by atoms with Crippen molar-refractivity contribution in [3.8, 4) is 5.75 Å². The van der Waals surface area contributed by atoms with Crippen LogP contribution in [-0.4, -0.2) is 59.8 Å². The third kappa shape index (κ3) is 12.4. The molecule has 0 fully saturated rings. The average Bonchev–Trinajstić information content (AvgIpc) is 2.60. The molecule has 162 valence electrons. The number of sulfone groups is 1. The highest BCUT2D eigenvalue weighted by Gasteiger charge is 2.06. The molecule has 0 saturated carbocycles. The Bertz CT molecular complexity index is 696. The summed E-state index contributed by atoms with van der Waals surface area (Å²) in [5.41, 5.74) is 2.14. The number of aryl methyl sites for hydroxylation is 1. The summed E-state index contributed by atoms with van der Waals surface area (Å²) in [5.74, 6) is 1.66. The minimum atomic E-state index is -2.94. The Morgan fingerprint density at radius 2 is 1.93 bits per heavy atom. The Labute approximate surface area is 186 Å². The van der Waals surface area contributed by atoms with E-state index in [2.05, 4.69) is 15.6 Å². The molecule has 0 bridgehead atoms. The first-order valence-corrected chi connectivity index (χ1v) is 11.3. The van der Waals surface area contributed by atoms with E-state index in [-0.39, 0.29) is 29.7 Å². The number of halogens is 1. The van der Waals surface area contributed by atoms with Crippen LogP contribution >= 0.6 is 24.0 Å². The van der Waals surface area contributed by atoms with Gasteiger partial charge >= 0.3 is 0 Å². The number of rotatable bonds is 12. The molecule has 1 aromatic carbocycles. The van der Waals surface area contributed by atoms with Crippen LogP contribution in [0.15, 0.2) is 23.2 Å². The topological polar surface area (TPSA) is 89.0 Å². The summed E-state index contributed by atoms with van der Waals surface area (Å²) in [4.78, 5) is 4.59.